The van der Waals surface area contributed by atoms with Crippen molar-refractivity contribution in [2.24, 2.45) is 0 Å². The van der Waals surface area contributed by atoms with Crippen LogP contribution in [0.1, 0.15) is 35.5 Å². The number of nitrogens with zero attached hydrogens (tertiary/aromatic N) is 1. The first-order chi connectivity index (χ1) is 10.8. The van der Waals surface area contributed by atoms with Crippen LogP contribution in [0.4, 0.5) is 0 Å². The average molecular weight is 316 g/mol. The summed E-state index contributed by atoms with van der Waals surface area (Å²) in [5.74, 6) is -0.0164. The molecule has 1 fully saturated rings. The lowest BCUT2D eigenvalue weighted by Crippen LogP contribution is -2.38. The van der Waals surface area contributed by atoms with Crippen LogP contribution in [0.15, 0.2) is 35.7 Å². The largest absolute Gasteiger partial charge is 0.368 e. The molecule has 2 aromatic rings. The average Bonchev–Trinajstić information content (AvgIpc) is 3.02. The van der Waals surface area contributed by atoms with Gasteiger partial charge in [-0.3, -0.25) is 4.79 Å². The van der Waals surface area contributed by atoms with E-state index in [9.17, 15) is 4.79 Å². The molecule has 1 aromatic heterocycles. The van der Waals surface area contributed by atoms with Crippen LogP contribution in [0.25, 0.3) is 0 Å². The van der Waals surface area contributed by atoms with Gasteiger partial charge in [-0.05, 0) is 24.8 Å². The third-order valence-corrected chi connectivity index (χ3v) is 4.61. The normalized spacial score (nSPS) is 18.1. The Morgan fingerprint density at radius 2 is 2.18 bits per heavy atom. The summed E-state index contributed by atoms with van der Waals surface area (Å²) in [5, 5.41) is 6.01. The van der Waals surface area contributed by atoms with Gasteiger partial charge >= 0.3 is 0 Å². The minimum absolute atomic E-state index is 0.0164. The van der Waals surface area contributed by atoms with Crippen LogP contribution in [0.3, 0.4) is 0 Å². The minimum atomic E-state index is -0.281. The van der Waals surface area contributed by atoms with Gasteiger partial charge in [0.05, 0.1) is 17.2 Å². The molecule has 1 amide bonds. The molecule has 0 radical (unpaired) electrons. The standard InChI is InChI=1S/C17H20N2O2S/c20-17(15-8-4-5-9-21-15)18-11-14-12-22-16(19-14)10-13-6-2-1-3-7-13/h1-3,6-7,12,15H,4-5,8-11H2,(H,18,20). The Bertz CT molecular complexity index is 606. The summed E-state index contributed by atoms with van der Waals surface area (Å²) < 4.78 is 5.48. The Kier molecular flexibility index (Phi) is 5.19. The van der Waals surface area contributed by atoms with Crippen molar-refractivity contribution in [2.75, 3.05) is 6.61 Å². The smallest absolute Gasteiger partial charge is 0.249 e. The first kappa shape index (κ1) is 15.2. The number of hydrogen-bond donors (Lipinski definition) is 1. The molecule has 3 rings (SSSR count). The Labute approximate surface area is 134 Å². The Hall–Kier alpha value is -1.72. The zero-order valence-corrected chi connectivity index (χ0v) is 13.3. The Balaban J connectivity index is 1.50. The van der Waals surface area contributed by atoms with Gasteiger partial charge in [0.1, 0.15) is 6.10 Å². The number of carbonyl (C=O) groups is 1. The van der Waals surface area contributed by atoms with Crippen LogP contribution in [0.2, 0.25) is 0 Å². The molecule has 1 N–H and O–H groups in total. The highest BCUT2D eigenvalue weighted by molar-refractivity contribution is 7.09. The molecule has 2 heterocycles. The van der Waals surface area contributed by atoms with Gasteiger partial charge in [0.25, 0.3) is 0 Å². The van der Waals surface area contributed by atoms with Gasteiger partial charge in [-0.25, -0.2) is 4.98 Å². The number of rotatable bonds is 5. The topological polar surface area (TPSA) is 51.2 Å². The number of carbonyl (C=O) groups excluding carboxylic acids is 1. The second kappa shape index (κ2) is 7.51. The third kappa shape index (κ3) is 4.15. The number of aromatic nitrogens is 1. The molecule has 0 bridgehead atoms. The molecule has 1 atom stereocenters. The second-order valence-electron chi connectivity index (χ2n) is 5.47. The number of benzene rings is 1. The van der Waals surface area contributed by atoms with E-state index in [0.29, 0.717) is 13.2 Å². The molecule has 1 aliphatic heterocycles. The van der Waals surface area contributed by atoms with Crippen LogP contribution in [0.5, 0.6) is 0 Å². The first-order valence-corrected chi connectivity index (χ1v) is 8.56. The Morgan fingerprint density at radius 3 is 2.95 bits per heavy atom. The molecule has 0 aliphatic carbocycles. The van der Waals surface area contributed by atoms with E-state index in [0.717, 1.165) is 36.4 Å². The fourth-order valence-electron chi connectivity index (χ4n) is 2.52. The molecule has 0 saturated carbocycles. The highest BCUT2D eigenvalue weighted by atomic mass is 32.1. The summed E-state index contributed by atoms with van der Waals surface area (Å²) in [6, 6.07) is 10.3. The lowest BCUT2D eigenvalue weighted by Gasteiger charge is -2.21. The SMILES string of the molecule is O=C(NCc1csc(Cc2ccccc2)n1)C1CCCCO1. The second-order valence-corrected chi connectivity index (χ2v) is 6.41. The molecule has 116 valence electrons. The van der Waals surface area contributed by atoms with Gasteiger partial charge in [0, 0.05) is 18.4 Å². The van der Waals surface area contributed by atoms with Gasteiger partial charge in [-0.2, -0.15) is 0 Å². The number of amides is 1. The zero-order chi connectivity index (χ0) is 15.2. The van der Waals surface area contributed by atoms with Crippen molar-refractivity contribution >= 4 is 17.2 Å². The van der Waals surface area contributed by atoms with Gasteiger partial charge in [0.2, 0.25) is 5.91 Å². The maximum Gasteiger partial charge on any atom is 0.249 e. The first-order valence-electron chi connectivity index (χ1n) is 7.68. The van der Waals surface area contributed by atoms with Crippen molar-refractivity contribution in [3.05, 3.63) is 52.0 Å². The molecule has 5 heteroatoms. The van der Waals surface area contributed by atoms with E-state index in [-0.39, 0.29) is 12.0 Å². The lowest BCUT2D eigenvalue weighted by molar-refractivity contribution is -0.135. The molecule has 1 saturated heterocycles. The molecule has 22 heavy (non-hydrogen) atoms. The third-order valence-electron chi connectivity index (χ3n) is 3.71. The van der Waals surface area contributed by atoms with Gasteiger partial charge in [-0.15, -0.1) is 11.3 Å². The molecule has 0 spiro atoms. The maximum atomic E-state index is 12.0. The van der Waals surface area contributed by atoms with Crippen LogP contribution < -0.4 is 5.32 Å². The summed E-state index contributed by atoms with van der Waals surface area (Å²) in [5.41, 5.74) is 2.17. The highest BCUT2D eigenvalue weighted by Gasteiger charge is 2.21. The van der Waals surface area contributed by atoms with Crippen LogP contribution >= 0.6 is 11.3 Å². The highest BCUT2D eigenvalue weighted by Crippen LogP contribution is 2.16. The summed E-state index contributed by atoms with van der Waals surface area (Å²) in [6.07, 6.45) is 3.50. The number of nitrogens with one attached hydrogen (secondary N) is 1. The predicted octanol–water partition coefficient (Wildman–Crippen LogP) is 2.92. The van der Waals surface area contributed by atoms with E-state index in [1.807, 2.05) is 23.6 Å². The van der Waals surface area contributed by atoms with Gasteiger partial charge in [0.15, 0.2) is 0 Å². The van der Waals surface area contributed by atoms with Crippen LogP contribution in [-0.4, -0.2) is 23.6 Å². The Morgan fingerprint density at radius 1 is 1.32 bits per heavy atom. The van der Waals surface area contributed by atoms with E-state index in [4.69, 9.17) is 4.74 Å². The summed E-state index contributed by atoms with van der Waals surface area (Å²) >= 11 is 1.64. The van der Waals surface area contributed by atoms with Gasteiger partial charge < -0.3 is 10.1 Å². The van der Waals surface area contributed by atoms with Crippen molar-refractivity contribution in [1.29, 1.82) is 0 Å². The maximum absolute atomic E-state index is 12.0. The van der Waals surface area contributed by atoms with Crippen molar-refractivity contribution in [3.63, 3.8) is 0 Å². The quantitative estimate of drug-likeness (QED) is 0.923. The fourth-order valence-corrected chi connectivity index (χ4v) is 3.35. The van der Waals surface area contributed by atoms with E-state index in [1.54, 1.807) is 11.3 Å². The van der Waals surface area contributed by atoms with Crippen molar-refractivity contribution in [1.82, 2.24) is 10.3 Å². The number of ether oxygens (including phenoxy) is 1. The van der Waals surface area contributed by atoms with Crippen molar-refractivity contribution in [3.8, 4) is 0 Å². The number of thiazole rings is 1. The predicted molar refractivity (Wildman–Crippen MR) is 86.8 cm³/mol. The van der Waals surface area contributed by atoms with E-state index < -0.39 is 0 Å². The zero-order valence-electron chi connectivity index (χ0n) is 12.5. The molecule has 1 aliphatic rings. The van der Waals surface area contributed by atoms with Crippen LogP contribution in [-0.2, 0) is 22.5 Å². The molecule has 1 aromatic carbocycles. The van der Waals surface area contributed by atoms with Crippen molar-refractivity contribution < 1.29 is 9.53 Å². The monoisotopic (exact) mass is 316 g/mol. The lowest BCUT2D eigenvalue weighted by atomic mass is 10.1. The molecular weight excluding hydrogens is 296 g/mol. The number of hydrogen-bond acceptors (Lipinski definition) is 4. The fraction of sp³-hybridized carbons (Fsp3) is 0.412. The summed E-state index contributed by atoms with van der Waals surface area (Å²) in [6.45, 7) is 1.17. The van der Waals surface area contributed by atoms with Gasteiger partial charge in [-0.1, -0.05) is 30.3 Å². The van der Waals surface area contributed by atoms with E-state index in [2.05, 4.69) is 22.4 Å². The van der Waals surface area contributed by atoms with E-state index in [1.165, 1.54) is 5.56 Å². The van der Waals surface area contributed by atoms with Crippen molar-refractivity contribution in [2.45, 2.75) is 38.3 Å². The summed E-state index contributed by atoms with van der Waals surface area (Å²) in [4.78, 5) is 16.6. The minimum Gasteiger partial charge on any atom is -0.368 e. The molecule has 4 nitrogen and oxygen atoms in total. The molecule has 1 unspecified atom stereocenters. The summed E-state index contributed by atoms with van der Waals surface area (Å²) in [7, 11) is 0. The van der Waals surface area contributed by atoms with E-state index >= 15 is 0 Å². The van der Waals surface area contributed by atoms with Crippen LogP contribution in [0, 0.1) is 0 Å². The molecular formula is C17H20N2O2S.